The predicted molar refractivity (Wildman–Crippen MR) is 105 cm³/mol. The summed E-state index contributed by atoms with van der Waals surface area (Å²) in [6, 6.07) is 8.20. The molecule has 3 heterocycles. The van der Waals surface area contributed by atoms with Crippen molar-refractivity contribution in [2.24, 2.45) is 5.92 Å². The van der Waals surface area contributed by atoms with Gasteiger partial charge in [-0.05, 0) is 45.6 Å². The summed E-state index contributed by atoms with van der Waals surface area (Å²) in [6.45, 7) is 5.85. The van der Waals surface area contributed by atoms with Crippen LogP contribution in [0.3, 0.4) is 0 Å². The molecule has 148 valence electrons. The van der Waals surface area contributed by atoms with Gasteiger partial charge in [0.1, 0.15) is 23.0 Å². The van der Waals surface area contributed by atoms with Crippen molar-refractivity contribution in [3.8, 4) is 5.75 Å². The maximum absolute atomic E-state index is 12.9. The van der Waals surface area contributed by atoms with Crippen LogP contribution < -0.4 is 10.1 Å². The molecule has 1 fully saturated rings. The highest BCUT2D eigenvalue weighted by molar-refractivity contribution is 5.85. The molecule has 6 heteroatoms. The molecule has 0 unspecified atom stereocenters. The van der Waals surface area contributed by atoms with Gasteiger partial charge in [0.2, 0.25) is 5.91 Å². The molecule has 1 aromatic heterocycles. The first-order valence-corrected chi connectivity index (χ1v) is 10.5. The molecule has 1 saturated carbocycles. The molecule has 5 rings (SSSR count). The zero-order valence-electron chi connectivity index (χ0n) is 16.7. The van der Waals surface area contributed by atoms with Crippen LogP contribution >= 0.6 is 0 Å². The van der Waals surface area contributed by atoms with Crippen LogP contribution in [0.25, 0.3) is 0 Å². The topological polar surface area (TPSA) is 69.0 Å². The van der Waals surface area contributed by atoms with E-state index in [0.717, 1.165) is 49.6 Å². The smallest absolute Gasteiger partial charge is 0.224 e. The van der Waals surface area contributed by atoms with E-state index in [1.54, 1.807) is 0 Å². The fourth-order valence-corrected chi connectivity index (χ4v) is 5.27. The van der Waals surface area contributed by atoms with E-state index in [9.17, 15) is 4.79 Å². The van der Waals surface area contributed by atoms with E-state index in [1.807, 2.05) is 18.2 Å². The van der Waals surface area contributed by atoms with Crippen LogP contribution in [0.4, 0.5) is 0 Å². The minimum Gasteiger partial charge on any atom is -0.488 e. The molecule has 0 saturated heterocycles. The number of rotatable bonds is 4. The maximum atomic E-state index is 12.9. The molecule has 2 atom stereocenters. The summed E-state index contributed by atoms with van der Waals surface area (Å²) >= 11 is 0. The van der Waals surface area contributed by atoms with Crippen molar-refractivity contribution in [2.75, 3.05) is 6.54 Å². The molecule has 1 spiro atoms. The number of aryl methyl sites for hydroxylation is 1. The summed E-state index contributed by atoms with van der Waals surface area (Å²) in [5.41, 5.74) is 0.876. The van der Waals surface area contributed by atoms with Crippen molar-refractivity contribution in [1.29, 1.82) is 0 Å². The third-order valence-electron chi connectivity index (χ3n) is 6.53. The second-order valence-corrected chi connectivity index (χ2v) is 9.13. The monoisotopic (exact) mass is 380 g/mol. The number of nitrogens with one attached hydrogen (secondary N) is 1. The molecule has 1 aliphatic carbocycles. The summed E-state index contributed by atoms with van der Waals surface area (Å²) < 4.78 is 8.38. The Morgan fingerprint density at radius 3 is 3.04 bits per heavy atom. The average molecular weight is 380 g/mol. The standard InChI is InChI=1S/C22H28N4O2/c1-21(2)14-22(15-7-3-4-8-17(15)28-21)13-16(22)20(27)23-11-10-19-25-24-18-9-5-6-12-26(18)19/h3-4,7-8,16H,5-6,9-14H2,1-2H3,(H,23,27)/t16-,22+/m1/s1. The van der Waals surface area contributed by atoms with Gasteiger partial charge in [-0.1, -0.05) is 18.2 Å². The quantitative estimate of drug-likeness (QED) is 0.886. The van der Waals surface area contributed by atoms with E-state index in [1.165, 1.54) is 18.4 Å². The summed E-state index contributed by atoms with van der Waals surface area (Å²) in [5, 5.41) is 11.8. The highest BCUT2D eigenvalue weighted by Gasteiger charge is 2.63. The summed E-state index contributed by atoms with van der Waals surface area (Å²) in [6.07, 6.45) is 5.92. The normalized spacial score (nSPS) is 26.9. The number of fused-ring (bicyclic) bond motifs is 3. The lowest BCUT2D eigenvalue weighted by atomic mass is 9.80. The van der Waals surface area contributed by atoms with Crippen LogP contribution in [0.2, 0.25) is 0 Å². The van der Waals surface area contributed by atoms with Gasteiger partial charge >= 0.3 is 0 Å². The van der Waals surface area contributed by atoms with E-state index in [4.69, 9.17) is 4.74 Å². The lowest BCUT2D eigenvalue weighted by Gasteiger charge is -2.38. The minimum atomic E-state index is -0.246. The highest BCUT2D eigenvalue weighted by Crippen LogP contribution is 2.63. The molecular weight excluding hydrogens is 352 g/mol. The Morgan fingerprint density at radius 1 is 1.29 bits per heavy atom. The Labute approximate surface area is 165 Å². The van der Waals surface area contributed by atoms with E-state index < -0.39 is 0 Å². The lowest BCUT2D eigenvalue weighted by Crippen LogP contribution is -2.40. The molecule has 1 amide bonds. The first-order chi connectivity index (χ1) is 13.5. The second-order valence-electron chi connectivity index (χ2n) is 9.13. The van der Waals surface area contributed by atoms with Crippen molar-refractivity contribution in [3.63, 3.8) is 0 Å². The molecule has 3 aliphatic rings. The van der Waals surface area contributed by atoms with Gasteiger partial charge in [0.25, 0.3) is 0 Å². The Balaban J connectivity index is 1.25. The molecule has 0 bridgehead atoms. The van der Waals surface area contributed by atoms with Gasteiger partial charge in [-0.15, -0.1) is 10.2 Å². The SMILES string of the molecule is CC1(C)C[C@@]2(C[C@@H]2C(=O)NCCc2nnc3n2CCCC3)c2ccccc2O1. The Morgan fingerprint density at radius 2 is 2.14 bits per heavy atom. The van der Waals surface area contributed by atoms with Crippen LogP contribution in [0.1, 0.15) is 56.7 Å². The fraction of sp³-hybridized carbons (Fsp3) is 0.591. The number of benzene rings is 1. The van der Waals surface area contributed by atoms with E-state index in [0.29, 0.717) is 6.54 Å². The van der Waals surface area contributed by atoms with Gasteiger partial charge in [-0.2, -0.15) is 0 Å². The number of hydrogen-bond donors (Lipinski definition) is 1. The minimum absolute atomic E-state index is 0.0316. The van der Waals surface area contributed by atoms with Crippen LogP contribution in [0.5, 0.6) is 5.75 Å². The summed E-state index contributed by atoms with van der Waals surface area (Å²) in [4.78, 5) is 12.9. The Bertz CT molecular complexity index is 919. The zero-order chi connectivity index (χ0) is 19.4. The third-order valence-corrected chi connectivity index (χ3v) is 6.53. The zero-order valence-corrected chi connectivity index (χ0v) is 16.7. The largest absolute Gasteiger partial charge is 0.488 e. The number of carbonyl (C=O) groups is 1. The molecule has 1 aromatic carbocycles. The molecule has 2 aromatic rings. The Hall–Kier alpha value is -2.37. The van der Waals surface area contributed by atoms with Crippen LogP contribution in [0.15, 0.2) is 24.3 Å². The van der Waals surface area contributed by atoms with Gasteiger partial charge in [0, 0.05) is 42.8 Å². The van der Waals surface area contributed by atoms with Crippen molar-refractivity contribution in [2.45, 2.75) is 69.9 Å². The van der Waals surface area contributed by atoms with Gasteiger partial charge in [0.15, 0.2) is 0 Å². The van der Waals surface area contributed by atoms with E-state index in [2.05, 4.69) is 40.0 Å². The number of carbonyl (C=O) groups excluding carboxylic acids is 1. The van der Waals surface area contributed by atoms with Crippen molar-refractivity contribution in [3.05, 3.63) is 41.5 Å². The molecule has 0 radical (unpaired) electrons. The number of hydrogen-bond acceptors (Lipinski definition) is 4. The molecule has 6 nitrogen and oxygen atoms in total. The number of para-hydroxylation sites is 1. The highest BCUT2D eigenvalue weighted by atomic mass is 16.5. The van der Waals surface area contributed by atoms with Gasteiger partial charge < -0.3 is 14.6 Å². The molecular formula is C22H28N4O2. The molecule has 2 aliphatic heterocycles. The summed E-state index contributed by atoms with van der Waals surface area (Å²) in [7, 11) is 0. The first-order valence-electron chi connectivity index (χ1n) is 10.5. The number of nitrogens with zero attached hydrogens (tertiary/aromatic N) is 3. The van der Waals surface area contributed by atoms with Crippen molar-refractivity contribution in [1.82, 2.24) is 20.1 Å². The van der Waals surface area contributed by atoms with Crippen LogP contribution in [-0.4, -0.2) is 32.8 Å². The van der Waals surface area contributed by atoms with E-state index in [-0.39, 0.29) is 22.8 Å². The molecule has 1 N–H and O–H groups in total. The molecule has 28 heavy (non-hydrogen) atoms. The Kier molecular flexibility index (Phi) is 4.00. The number of amides is 1. The van der Waals surface area contributed by atoms with Crippen molar-refractivity contribution >= 4 is 5.91 Å². The summed E-state index contributed by atoms with van der Waals surface area (Å²) in [5.74, 6) is 3.21. The van der Waals surface area contributed by atoms with Gasteiger partial charge in [0.05, 0.1) is 0 Å². The third kappa shape index (κ3) is 2.90. The maximum Gasteiger partial charge on any atom is 0.224 e. The van der Waals surface area contributed by atoms with Gasteiger partial charge in [-0.25, -0.2) is 0 Å². The fourth-order valence-electron chi connectivity index (χ4n) is 5.27. The average Bonchev–Trinajstić information content (AvgIpc) is 3.22. The first kappa shape index (κ1) is 17.7. The van der Waals surface area contributed by atoms with Crippen LogP contribution in [0, 0.1) is 5.92 Å². The lowest BCUT2D eigenvalue weighted by molar-refractivity contribution is -0.123. The number of ether oxygens (including phenoxy) is 1. The van der Waals surface area contributed by atoms with Crippen molar-refractivity contribution < 1.29 is 9.53 Å². The predicted octanol–water partition coefficient (Wildman–Crippen LogP) is 2.79. The van der Waals surface area contributed by atoms with Crippen LogP contribution in [-0.2, 0) is 29.6 Å². The number of aromatic nitrogens is 3. The van der Waals surface area contributed by atoms with E-state index >= 15 is 0 Å². The van der Waals surface area contributed by atoms with Gasteiger partial charge in [-0.3, -0.25) is 4.79 Å². The second kappa shape index (κ2) is 6.33.